The highest BCUT2D eigenvalue weighted by molar-refractivity contribution is 6.37. The Morgan fingerprint density at radius 3 is 3.15 bits per heavy atom. The number of amides is 1. The van der Waals surface area contributed by atoms with E-state index in [0.717, 1.165) is 5.52 Å². The molecule has 0 fully saturated rings. The lowest BCUT2D eigenvalue weighted by Crippen LogP contribution is -1.94. The first-order chi connectivity index (χ1) is 6.33. The topological polar surface area (TPSA) is 57.8 Å². The van der Waals surface area contributed by atoms with Crippen LogP contribution in [0.2, 0.25) is 5.02 Å². The van der Waals surface area contributed by atoms with Gasteiger partial charge >= 0.3 is 0 Å². The highest BCUT2D eigenvalue weighted by Crippen LogP contribution is 2.28. The molecule has 0 unspecified atom stereocenters. The van der Waals surface area contributed by atoms with Gasteiger partial charge in [0.05, 0.1) is 22.6 Å². The first-order valence-corrected chi connectivity index (χ1v) is 4.02. The van der Waals surface area contributed by atoms with Gasteiger partial charge in [-0.05, 0) is 12.1 Å². The molecule has 66 valence electrons. The van der Waals surface area contributed by atoms with Crippen molar-refractivity contribution in [3.05, 3.63) is 23.5 Å². The minimum absolute atomic E-state index is 0.450. The highest BCUT2D eigenvalue weighted by atomic mass is 35.5. The number of nitrogens with one attached hydrogen (secondary N) is 2. The standard InChI is InChI=1S/C8H6ClN3O/c9-7-5(12-4-13)1-2-6-8(7)11-3-10-6/h1-4H,(H,10,11)(H,12,13). The molecule has 1 aromatic heterocycles. The SMILES string of the molecule is O=CNc1ccc2[nH]cnc2c1Cl. The second-order valence-corrected chi connectivity index (χ2v) is 2.87. The summed E-state index contributed by atoms with van der Waals surface area (Å²) in [5.74, 6) is 0. The van der Waals surface area contributed by atoms with Crippen molar-refractivity contribution in [1.82, 2.24) is 9.97 Å². The van der Waals surface area contributed by atoms with Gasteiger partial charge in [0.25, 0.3) is 0 Å². The van der Waals surface area contributed by atoms with Gasteiger partial charge in [0.1, 0.15) is 5.52 Å². The number of carbonyl (C=O) groups excluding carboxylic acids is 1. The normalized spacial score (nSPS) is 10.2. The molecule has 1 aromatic carbocycles. The molecule has 5 heteroatoms. The van der Waals surface area contributed by atoms with E-state index in [2.05, 4.69) is 15.3 Å². The van der Waals surface area contributed by atoms with E-state index >= 15 is 0 Å². The molecular formula is C8H6ClN3O. The number of hydrogen-bond donors (Lipinski definition) is 2. The third-order valence-corrected chi connectivity index (χ3v) is 2.13. The van der Waals surface area contributed by atoms with Crippen molar-refractivity contribution < 1.29 is 4.79 Å². The van der Waals surface area contributed by atoms with Gasteiger partial charge in [-0.3, -0.25) is 4.79 Å². The fraction of sp³-hybridized carbons (Fsp3) is 0. The van der Waals surface area contributed by atoms with E-state index in [0.29, 0.717) is 22.6 Å². The molecule has 0 saturated carbocycles. The number of nitrogens with zero attached hydrogens (tertiary/aromatic N) is 1. The first-order valence-electron chi connectivity index (χ1n) is 3.64. The Morgan fingerprint density at radius 2 is 2.38 bits per heavy atom. The molecule has 0 aliphatic heterocycles. The molecule has 1 heterocycles. The van der Waals surface area contributed by atoms with Gasteiger partial charge in [0.15, 0.2) is 0 Å². The maximum atomic E-state index is 10.2. The smallest absolute Gasteiger partial charge is 0.211 e. The van der Waals surface area contributed by atoms with Gasteiger partial charge in [0, 0.05) is 0 Å². The van der Waals surface area contributed by atoms with Crippen LogP contribution in [0.25, 0.3) is 11.0 Å². The number of anilines is 1. The molecule has 0 radical (unpaired) electrons. The average Bonchev–Trinajstić information content (AvgIpc) is 2.58. The predicted molar refractivity (Wildman–Crippen MR) is 50.8 cm³/mol. The molecular weight excluding hydrogens is 190 g/mol. The fourth-order valence-electron chi connectivity index (χ4n) is 1.15. The van der Waals surface area contributed by atoms with E-state index in [1.165, 1.54) is 0 Å². The summed E-state index contributed by atoms with van der Waals surface area (Å²) in [6.07, 6.45) is 2.14. The molecule has 13 heavy (non-hydrogen) atoms. The van der Waals surface area contributed by atoms with Crippen LogP contribution in [0.15, 0.2) is 18.5 Å². The molecule has 2 aromatic rings. The lowest BCUT2D eigenvalue weighted by molar-refractivity contribution is -0.105. The Labute approximate surface area is 78.9 Å². The number of fused-ring (bicyclic) bond motifs is 1. The van der Waals surface area contributed by atoms with Crippen LogP contribution in [0.5, 0.6) is 0 Å². The Bertz CT molecular complexity index is 452. The van der Waals surface area contributed by atoms with Gasteiger partial charge in [0.2, 0.25) is 6.41 Å². The summed E-state index contributed by atoms with van der Waals surface area (Å²) in [6, 6.07) is 3.53. The monoisotopic (exact) mass is 195 g/mol. The molecule has 0 aliphatic carbocycles. The third kappa shape index (κ3) is 1.25. The summed E-state index contributed by atoms with van der Waals surface area (Å²) in [4.78, 5) is 17.1. The lowest BCUT2D eigenvalue weighted by Gasteiger charge is -2.01. The number of aromatic nitrogens is 2. The molecule has 2 N–H and O–H groups in total. The molecule has 4 nitrogen and oxygen atoms in total. The molecule has 0 bridgehead atoms. The van der Waals surface area contributed by atoms with Gasteiger partial charge < -0.3 is 10.3 Å². The number of imidazole rings is 1. The van der Waals surface area contributed by atoms with Crippen LogP contribution in [0.3, 0.4) is 0 Å². The molecule has 2 rings (SSSR count). The van der Waals surface area contributed by atoms with Gasteiger partial charge in [-0.2, -0.15) is 0 Å². The second-order valence-electron chi connectivity index (χ2n) is 2.49. The minimum Gasteiger partial charge on any atom is -0.345 e. The van der Waals surface area contributed by atoms with Crippen LogP contribution in [0.1, 0.15) is 0 Å². The predicted octanol–water partition coefficient (Wildman–Crippen LogP) is 1.78. The van der Waals surface area contributed by atoms with E-state index in [1.54, 1.807) is 18.5 Å². The van der Waals surface area contributed by atoms with Gasteiger partial charge in [-0.25, -0.2) is 4.98 Å². The van der Waals surface area contributed by atoms with Crippen LogP contribution in [0.4, 0.5) is 5.69 Å². The van der Waals surface area contributed by atoms with Crippen LogP contribution < -0.4 is 5.32 Å². The zero-order chi connectivity index (χ0) is 9.26. The van der Waals surface area contributed by atoms with E-state index in [9.17, 15) is 4.79 Å². The number of benzene rings is 1. The third-order valence-electron chi connectivity index (χ3n) is 1.74. The van der Waals surface area contributed by atoms with Crippen molar-refractivity contribution in [2.75, 3.05) is 5.32 Å². The van der Waals surface area contributed by atoms with Crippen LogP contribution in [-0.2, 0) is 4.79 Å². The van der Waals surface area contributed by atoms with Crippen LogP contribution >= 0.6 is 11.6 Å². The van der Waals surface area contributed by atoms with Crippen LogP contribution in [-0.4, -0.2) is 16.4 Å². The number of aromatic amines is 1. The maximum absolute atomic E-state index is 10.2. The van der Waals surface area contributed by atoms with Crippen LogP contribution in [0, 0.1) is 0 Å². The van der Waals surface area contributed by atoms with E-state index in [4.69, 9.17) is 11.6 Å². The number of halogens is 1. The molecule has 0 saturated heterocycles. The van der Waals surface area contributed by atoms with E-state index in [1.807, 2.05) is 0 Å². The van der Waals surface area contributed by atoms with Crippen molar-refractivity contribution >= 4 is 34.7 Å². The summed E-state index contributed by atoms with van der Waals surface area (Å²) >= 11 is 5.96. The number of hydrogen-bond acceptors (Lipinski definition) is 2. The Morgan fingerprint density at radius 1 is 1.54 bits per heavy atom. The summed E-state index contributed by atoms with van der Waals surface area (Å²) in [5, 5.41) is 2.94. The summed E-state index contributed by atoms with van der Waals surface area (Å²) in [6.45, 7) is 0. The average molecular weight is 196 g/mol. The lowest BCUT2D eigenvalue weighted by atomic mass is 10.3. The van der Waals surface area contributed by atoms with E-state index in [-0.39, 0.29) is 0 Å². The second kappa shape index (κ2) is 3.06. The van der Waals surface area contributed by atoms with Gasteiger partial charge in [-0.15, -0.1) is 0 Å². The Hall–Kier alpha value is -1.55. The van der Waals surface area contributed by atoms with Crippen molar-refractivity contribution in [3.63, 3.8) is 0 Å². The van der Waals surface area contributed by atoms with Gasteiger partial charge in [-0.1, -0.05) is 11.6 Å². The summed E-state index contributed by atoms with van der Waals surface area (Å²) < 4.78 is 0. The summed E-state index contributed by atoms with van der Waals surface area (Å²) in [5.41, 5.74) is 2.08. The first kappa shape index (κ1) is 8.07. The zero-order valence-corrected chi connectivity index (χ0v) is 7.30. The van der Waals surface area contributed by atoms with Crippen molar-refractivity contribution in [2.24, 2.45) is 0 Å². The Kier molecular flexibility index (Phi) is 1.90. The quantitative estimate of drug-likeness (QED) is 0.718. The molecule has 1 amide bonds. The zero-order valence-electron chi connectivity index (χ0n) is 6.54. The minimum atomic E-state index is 0.450. The molecule has 0 aliphatic rings. The number of carbonyl (C=O) groups is 1. The number of H-pyrrole nitrogens is 1. The number of rotatable bonds is 2. The molecule has 0 atom stereocenters. The molecule has 0 spiro atoms. The van der Waals surface area contributed by atoms with Crippen molar-refractivity contribution in [3.8, 4) is 0 Å². The van der Waals surface area contributed by atoms with Crippen molar-refractivity contribution in [1.29, 1.82) is 0 Å². The maximum Gasteiger partial charge on any atom is 0.211 e. The largest absolute Gasteiger partial charge is 0.345 e. The van der Waals surface area contributed by atoms with Crippen molar-refractivity contribution in [2.45, 2.75) is 0 Å². The van der Waals surface area contributed by atoms with E-state index < -0.39 is 0 Å². The fourth-order valence-corrected chi connectivity index (χ4v) is 1.42. The highest BCUT2D eigenvalue weighted by Gasteiger charge is 2.05. The summed E-state index contributed by atoms with van der Waals surface area (Å²) in [7, 11) is 0. The Balaban J connectivity index is 2.65.